The minimum atomic E-state index is -3.85. The van der Waals surface area contributed by atoms with Crippen molar-refractivity contribution in [2.75, 3.05) is 10.0 Å². The third-order valence-electron chi connectivity index (χ3n) is 4.50. The molecule has 1 aromatic carbocycles. The molecule has 3 rings (SSSR count). The lowest BCUT2D eigenvalue weighted by Gasteiger charge is -2.10. The van der Waals surface area contributed by atoms with Gasteiger partial charge in [-0.3, -0.25) is 9.48 Å². The predicted octanol–water partition coefficient (Wildman–Crippen LogP) is 3.50. The third kappa shape index (κ3) is 5.67. The van der Waals surface area contributed by atoms with E-state index in [0.29, 0.717) is 23.6 Å². The number of benzene rings is 1. The molecule has 0 fully saturated rings. The summed E-state index contributed by atoms with van der Waals surface area (Å²) in [4.78, 5) is 20.5. The van der Waals surface area contributed by atoms with E-state index >= 15 is 0 Å². The number of carbonyl (C=O) groups is 1. The van der Waals surface area contributed by atoms with E-state index in [1.807, 2.05) is 13.8 Å². The Bertz CT molecular complexity index is 1200. The van der Waals surface area contributed by atoms with Crippen LogP contribution < -0.4 is 10.0 Å². The molecule has 0 saturated carbocycles. The Morgan fingerprint density at radius 1 is 1.06 bits per heavy atom. The van der Waals surface area contributed by atoms with E-state index in [1.165, 1.54) is 24.3 Å². The summed E-state index contributed by atoms with van der Waals surface area (Å²) in [6, 6.07) is 7.66. The lowest BCUT2D eigenvalue weighted by molar-refractivity contribution is -0.116. The zero-order valence-electron chi connectivity index (χ0n) is 17.6. The first kappa shape index (κ1) is 22.9. The Morgan fingerprint density at radius 3 is 2.23 bits per heavy atom. The van der Waals surface area contributed by atoms with E-state index < -0.39 is 10.0 Å². The molecule has 3 aromatic rings. The average molecular weight is 507 g/mol. The summed E-state index contributed by atoms with van der Waals surface area (Å²) in [5, 5.41) is 7.14. The zero-order valence-corrected chi connectivity index (χ0v) is 20.0. The van der Waals surface area contributed by atoms with Gasteiger partial charge in [-0.1, -0.05) is 0 Å². The molecule has 2 N–H and O–H groups in total. The largest absolute Gasteiger partial charge is 0.326 e. The summed E-state index contributed by atoms with van der Waals surface area (Å²) in [6.45, 7) is 7.79. The summed E-state index contributed by atoms with van der Waals surface area (Å²) in [6.07, 6.45) is 0.236. The molecule has 0 bridgehead atoms. The first-order valence-corrected chi connectivity index (χ1v) is 11.8. The number of anilines is 2. The van der Waals surface area contributed by atoms with Crippen molar-refractivity contribution in [1.82, 2.24) is 19.7 Å². The number of sulfonamides is 1. The summed E-state index contributed by atoms with van der Waals surface area (Å²) in [7, 11) is -3.85. The van der Waals surface area contributed by atoms with Crippen LogP contribution in [0.3, 0.4) is 0 Å². The van der Waals surface area contributed by atoms with Gasteiger partial charge < -0.3 is 5.32 Å². The Morgan fingerprint density at radius 2 is 1.68 bits per heavy atom. The van der Waals surface area contributed by atoms with Gasteiger partial charge in [-0.05, 0) is 74.0 Å². The fourth-order valence-corrected chi connectivity index (χ4v) is 4.22. The lowest BCUT2D eigenvalue weighted by atomic mass is 10.3. The van der Waals surface area contributed by atoms with Gasteiger partial charge in [0.25, 0.3) is 10.0 Å². The molecule has 9 nitrogen and oxygen atoms in total. The van der Waals surface area contributed by atoms with Crippen LogP contribution in [0.25, 0.3) is 0 Å². The van der Waals surface area contributed by atoms with Gasteiger partial charge in [-0.25, -0.2) is 23.1 Å². The van der Waals surface area contributed by atoms with Crippen molar-refractivity contribution in [3.8, 4) is 0 Å². The van der Waals surface area contributed by atoms with Crippen LogP contribution in [0.2, 0.25) is 0 Å². The Balaban J connectivity index is 1.62. The molecule has 11 heteroatoms. The van der Waals surface area contributed by atoms with Crippen LogP contribution in [-0.4, -0.2) is 34.1 Å². The maximum absolute atomic E-state index is 12.6. The molecule has 1 amide bonds. The van der Waals surface area contributed by atoms with E-state index in [4.69, 9.17) is 0 Å². The molecule has 0 unspecified atom stereocenters. The highest BCUT2D eigenvalue weighted by Gasteiger charge is 2.16. The third-order valence-corrected chi connectivity index (χ3v) is 6.99. The van der Waals surface area contributed by atoms with Crippen LogP contribution in [0.1, 0.15) is 29.2 Å². The summed E-state index contributed by atoms with van der Waals surface area (Å²) >= 11 is 3.47. The quantitative estimate of drug-likeness (QED) is 0.506. The van der Waals surface area contributed by atoms with Gasteiger partial charge in [-0.15, -0.1) is 0 Å². The van der Waals surface area contributed by atoms with Crippen LogP contribution in [-0.2, 0) is 21.4 Å². The molecular weight excluding hydrogens is 484 g/mol. The highest BCUT2D eigenvalue weighted by molar-refractivity contribution is 9.10. The summed E-state index contributed by atoms with van der Waals surface area (Å²) in [5.74, 6) is -0.174. The number of hydrogen-bond donors (Lipinski definition) is 2. The maximum atomic E-state index is 12.6. The minimum Gasteiger partial charge on any atom is -0.326 e. The molecule has 164 valence electrons. The predicted molar refractivity (Wildman–Crippen MR) is 121 cm³/mol. The first-order valence-electron chi connectivity index (χ1n) is 9.49. The number of carbonyl (C=O) groups excluding carboxylic acids is 1. The molecule has 0 atom stereocenters. The highest BCUT2D eigenvalue weighted by atomic mass is 79.9. The molecule has 0 aliphatic rings. The second kappa shape index (κ2) is 9.15. The number of amides is 1. The smallest absolute Gasteiger partial charge is 0.264 e. The SMILES string of the molecule is Cc1cc(C)nc(NS(=O)(=O)c2ccc(NC(=O)CCn3nc(C)c(Br)c3C)cc2)n1. The maximum Gasteiger partial charge on any atom is 0.264 e. The topological polar surface area (TPSA) is 119 Å². The molecule has 0 aliphatic carbocycles. The van der Waals surface area contributed by atoms with Gasteiger partial charge in [0.2, 0.25) is 11.9 Å². The van der Waals surface area contributed by atoms with E-state index in [2.05, 4.69) is 41.0 Å². The summed E-state index contributed by atoms with van der Waals surface area (Å²) < 4.78 is 30.3. The van der Waals surface area contributed by atoms with Crippen molar-refractivity contribution in [2.45, 2.75) is 45.6 Å². The van der Waals surface area contributed by atoms with Crippen molar-refractivity contribution in [3.05, 3.63) is 57.6 Å². The minimum absolute atomic E-state index is 0.0191. The van der Waals surface area contributed by atoms with Gasteiger partial charge >= 0.3 is 0 Å². The molecule has 0 aliphatic heterocycles. The van der Waals surface area contributed by atoms with Crippen molar-refractivity contribution < 1.29 is 13.2 Å². The monoisotopic (exact) mass is 506 g/mol. The van der Waals surface area contributed by atoms with Crippen LogP contribution in [0, 0.1) is 27.7 Å². The van der Waals surface area contributed by atoms with Crippen molar-refractivity contribution in [3.63, 3.8) is 0 Å². The van der Waals surface area contributed by atoms with E-state index in [9.17, 15) is 13.2 Å². The van der Waals surface area contributed by atoms with Gasteiger partial charge in [-0.2, -0.15) is 5.10 Å². The van der Waals surface area contributed by atoms with E-state index in [-0.39, 0.29) is 23.2 Å². The highest BCUT2D eigenvalue weighted by Crippen LogP contribution is 2.20. The first-order chi connectivity index (χ1) is 14.5. The van der Waals surface area contributed by atoms with Gasteiger partial charge in [0.1, 0.15) is 0 Å². The average Bonchev–Trinajstić information content (AvgIpc) is 2.92. The molecular formula is C20H23BrN6O3S. The fourth-order valence-electron chi connectivity index (χ4n) is 2.99. The molecule has 2 heterocycles. The molecule has 31 heavy (non-hydrogen) atoms. The molecule has 2 aromatic heterocycles. The number of hydrogen-bond acceptors (Lipinski definition) is 6. The van der Waals surface area contributed by atoms with Gasteiger partial charge in [0.15, 0.2) is 0 Å². The molecule has 0 spiro atoms. The Labute approximate surface area is 189 Å². The van der Waals surface area contributed by atoms with E-state index in [0.717, 1.165) is 15.9 Å². The van der Waals surface area contributed by atoms with E-state index in [1.54, 1.807) is 24.6 Å². The fraction of sp³-hybridized carbons (Fsp3) is 0.300. The normalized spacial score (nSPS) is 11.4. The second-order valence-electron chi connectivity index (χ2n) is 7.11. The second-order valence-corrected chi connectivity index (χ2v) is 9.59. The molecule has 0 radical (unpaired) electrons. The summed E-state index contributed by atoms with van der Waals surface area (Å²) in [5.41, 5.74) is 3.66. The van der Waals surface area contributed by atoms with Gasteiger partial charge in [0.05, 0.1) is 21.6 Å². The number of rotatable bonds is 7. The number of halogens is 1. The van der Waals surface area contributed by atoms with Gasteiger partial charge in [0, 0.05) is 29.2 Å². The van der Waals surface area contributed by atoms with Crippen LogP contribution >= 0.6 is 15.9 Å². The van der Waals surface area contributed by atoms with Crippen LogP contribution in [0.4, 0.5) is 11.6 Å². The lowest BCUT2D eigenvalue weighted by Crippen LogP contribution is -2.17. The van der Waals surface area contributed by atoms with Crippen molar-refractivity contribution >= 4 is 43.5 Å². The van der Waals surface area contributed by atoms with Crippen LogP contribution in [0.5, 0.6) is 0 Å². The zero-order chi connectivity index (χ0) is 22.8. The number of aromatic nitrogens is 4. The van der Waals surface area contributed by atoms with Crippen molar-refractivity contribution in [1.29, 1.82) is 0 Å². The number of aryl methyl sites for hydroxylation is 4. The van der Waals surface area contributed by atoms with Crippen molar-refractivity contribution in [2.24, 2.45) is 0 Å². The Kier molecular flexibility index (Phi) is 6.75. The number of nitrogens with one attached hydrogen (secondary N) is 2. The number of nitrogens with zero attached hydrogens (tertiary/aromatic N) is 4. The standard InChI is InChI=1S/C20H23BrN6O3S/c1-12-11-13(2)23-20(22-12)26-31(29,30)17-7-5-16(6-8-17)24-18(28)9-10-27-15(4)19(21)14(3)25-27/h5-8,11H,9-10H2,1-4H3,(H,24,28)(H,22,23,26). The Hall–Kier alpha value is -2.79. The van der Waals surface area contributed by atoms with Crippen LogP contribution in [0.15, 0.2) is 39.7 Å². The molecule has 0 saturated heterocycles.